The smallest absolute Gasteiger partial charge is 0.187 e. The summed E-state index contributed by atoms with van der Waals surface area (Å²) in [6.45, 7) is 12.7. The van der Waals surface area contributed by atoms with Gasteiger partial charge >= 0.3 is 0 Å². The molecule has 2 fully saturated rings. The summed E-state index contributed by atoms with van der Waals surface area (Å²) in [5.41, 5.74) is 6.78. The third kappa shape index (κ3) is 4.05. The van der Waals surface area contributed by atoms with Crippen LogP contribution in [0, 0.1) is 0 Å². The minimum Gasteiger partial charge on any atom is -0.378 e. The summed E-state index contributed by atoms with van der Waals surface area (Å²) >= 11 is 0. The Kier molecular flexibility index (Phi) is 5.52. The Morgan fingerprint density at radius 2 is 1.52 bits per heavy atom. The second-order valence-corrected chi connectivity index (χ2v) is 11.5. The fraction of sp³-hybridized carbons (Fsp3) is 0.500. The molecule has 0 aromatic heterocycles. The summed E-state index contributed by atoms with van der Waals surface area (Å²) in [5.74, 6) is 0.0998. The van der Waals surface area contributed by atoms with E-state index in [1.54, 1.807) is 6.08 Å². The highest BCUT2D eigenvalue weighted by atomic mass is 16.5. The SMILES string of the molecule is CC1(C)CCC(C)(C)c2cc(C3(c4ccccc4C(=O)C=CN4CCOCC4)CC3)ccc21. The van der Waals surface area contributed by atoms with Gasteiger partial charge in [-0.25, -0.2) is 0 Å². The van der Waals surface area contributed by atoms with Crippen molar-refractivity contribution >= 4 is 5.78 Å². The first-order chi connectivity index (χ1) is 15.7. The van der Waals surface area contributed by atoms with Gasteiger partial charge in [0.1, 0.15) is 0 Å². The zero-order valence-corrected chi connectivity index (χ0v) is 20.6. The Bertz CT molecular complexity index is 1080. The van der Waals surface area contributed by atoms with Crippen molar-refractivity contribution in [3.63, 3.8) is 0 Å². The Labute approximate surface area is 198 Å². The Balaban J connectivity index is 1.50. The number of carbonyl (C=O) groups is 1. The molecule has 2 aromatic carbocycles. The van der Waals surface area contributed by atoms with Crippen molar-refractivity contribution in [2.75, 3.05) is 26.3 Å². The normalized spacial score (nSPS) is 22.7. The van der Waals surface area contributed by atoms with Crippen molar-refractivity contribution in [3.05, 3.63) is 82.6 Å². The van der Waals surface area contributed by atoms with Gasteiger partial charge in [0.25, 0.3) is 0 Å². The molecule has 1 saturated carbocycles. The number of rotatable bonds is 5. The highest BCUT2D eigenvalue weighted by molar-refractivity contribution is 6.06. The van der Waals surface area contributed by atoms with E-state index in [0.29, 0.717) is 0 Å². The number of morpholine rings is 1. The molecule has 33 heavy (non-hydrogen) atoms. The molecule has 0 unspecified atom stereocenters. The molecule has 3 aliphatic rings. The highest BCUT2D eigenvalue weighted by Crippen LogP contribution is 2.56. The van der Waals surface area contributed by atoms with Crippen LogP contribution in [0.15, 0.2) is 54.7 Å². The fourth-order valence-corrected chi connectivity index (χ4v) is 5.83. The van der Waals surface area contributed by atoms with E-state index >= 15 is 0 Å². The molecule has 0 bridgehead atoms. The number of nitrogens with zero attached hydrogens (tertiary/aromatic N) is 1. The molecule has 1 saturated heterocycles. The minimum atomic E-state index is -0.0360. The van der Waals surface area contributed by atoms with E-state index in [1.807, 2.05) is 18.3 Å². The van der Waals surface area contributed by atoms with Crippen molar-refractivity contribution in [1.82, 2.24) is 4.90 Å². The molecule has 0 amide bonds. The van der Waals surface area contributed by atoms with E-state index in [-0.39, 0.29) is 22.0 Å². The standard InChI is InChI=1S/C30H37NO2/c1-28(2)12-13-29(3,4)26-21-22(9-10-25(26)28)30(14-15-30)24-8-6-5-7-23(24)27(32)11-16-31-17-19-33-20-18-31/h5-11,16,21H,12-15,17-20H2,1-4H3. The van der Waals surface area contributed by atoms with Crippen LogP contribution in [-0.2, 0) is 21.0 Å². The van der Waals surface area contributed by atoms with Crippen LogP contribution in [0.1, 0.15) is 86.0 Å². The number of hydrogen-bond donors (Lipinski definition) is 0. The van der Waals surface area contributed by atoms with Gasteiger partial charge in [-0.2, -0.15) is 0 Å². The van der Waals surface area contributed by atoms with Crippen LogP contribution in [0.2, 0.25) is 0 Å². The largest absolute Gasteiger partial charge is 0.378 e. The Hall–Kier alpha value is -2.39. The molecular weight excluding hydrogens is 406 g/mol. The third-order valence-corrected chi connectivity index (χ3v) is 8.35. The second-order valence-electron chi connectivity index (χ2n) is 11.5. The van der Waals surface area contributed by atoms with Crippen molar-refractivity contribution in [1.29, 1.82) is 0 Å². The van der Waals surface area contributed by atoms with Crippen molar-refractivity contribution in [2.24, 2.45) is 0 Å². The van der Waals surface area contributed by atoms with Gasteiger partial charge in [0.15, 0.2) is 5.78 Å². The van der Waals surface area contributed by atoms with Crippen LogP contribution in [0.25, 0.3) is 0 Å². The lowest BCUT2D eigenvalue weighted by molar-refractivity contribution is 0.0591. The molecule has 1 heterocycles. The van der Waals surface area contributed by atoms with Crippen molar-refractivity contribution in [3.8, 4) is 0 Å². The maximum absolute atomic E-state index is 13.3. The Morgan fingerprint density at radius 1 is 0.848 bits per heavy atom. The lowest BCUT2D eigenvalue weighted by Gasteiger charge is -2.42. The lowest BCUT2D eigenvalue weighted by Crippen LogP contribution is -2.34. The summed E-state index contributed by atoms with van der Waals surface area (Å²) in [7, 11) is 0. The molecule has 0 radical (unpaired) electrons. The van der Waals surface area contributed by atoms with E-state index in [1.165, 1.54) is 35.1 Å². The van der Waals surface area contributed by atoms with Crippen LogP contribution in [-0.4, -0.2) is 37.0 Å². The third-order valence-electron chi connectivity index (χ3n) is 8.35. The van der Waals surface area contributed by atoms with E-state index in [4.69, 9.17) is 4.74 Å². The summed E-state index contributed by atoms with van der Waals surface area (Å²) < 4.78 is 5.42. The topological polar surface area (TPSA) is 29.5 Å². The predicted octanol–water partition coefficient (Wildman–Crippen LogP) is 6.14. The summed E-state index contributed by atoms with van der Waals surface area (Å²) in [4.78, 5) is 15.5. The van der Waals surface area contributed by atoms with E-state index in [2.05, 4.69) is 62.9 Å². The van der Waals surface area contributed by atoms with Crippen LogP contribution in [0.3, 0.4) is 0 Å². The fourth-order valence-electron chi connectivity index (χ4n) is 5.83. The quantitative estimate of drug-likeness (QED) is 0.410. The summed E-state index contributed by atoms with van der Waals surface area (Å²) in [5, 5.41) is 0. The first kappa shape index (κ1) is 22.4. The summed E-state index contributed by atoms with van der Waals surface area (Å²) in [6, 6.07) is 15.5. The Morgan fingerprint density at radius 3 is 2.21 bits per heavy atom. The van der Waals surface area contributed by atoms with E-state index in [9.17, 15) is 4.79 Å². The molecule has 0 atom stereocenters. The molecule has 174 valence electrons. The molecule has 3 nitrogen and oxygen atoms in total. The maximum Gasteiger partial charge on any atom is 0.187 e. The molecule has 2 aliphatic carbocycles. The monoisotopic (exact) mass is 443 g/mol. The van der Waals surface area contributed by atoms with Crippen molar-refractivity contribution < 1.29 is 9.53 Å². The van der Waals surface area contributed by atoms with E-state index in [0.717, 1.165) is 44.7 Å². The zero-order chi connectivity index (χ0) is 23.3. The molecule has 2 aromatic rings. The molecule has 3 heteroatoms. The number of allylic oxidation sites excluding steroid dienone is 1. The van der Waals surface area contributed by atoms with Crippen molar-refractivity contribution in [2.45, 2.75) is 69.6 Å². The number of ether oxygens (including phenoxy) is 1. The lowest BCUT2D eigenvalue weighted by atomic mass is 9.62. The van der Waals surface area contributed by atoms with Crippen LogP contribution in [0.4, 0.5) is 0 Å². The highest BCUT2D eigenvalue weighted by Gasteiger charge is 2.48. The predicted molar refractivity (Wildman–Crippen MR) is 134 cm³/mol. The molecule has 0 N–H and O–H groups in total. The van der Waals surface area contributed by atoms with Gasteiger partial charge in [-0.3, -0.25) is 4.79 Å². The average Bonchev–Trinajstić information content (AvgIpc) is 3.63. The van der Waals surface area contributed by atoms with E-state index < -0.39 is 0 Å². The number of carbonyl (C=O) groups excluding carboxylic acids is 1. The average molecular weight is 444 g/mol. The summed E-state index contributed by atoms with van der Waals surface area (Å²) in [6.07, 6.45) is 8.35. The number of fused-ring (bicyclic) bond motifs is 1. The molecule has 0 spiro atoms. The first-order valence-electron chi connectivity index (χ1n) is 12.5. The van der Waals surface area contributed by atoms with Crippen LogP contribution in [0.5, 0.6) is 0 Å². The minimum absolute atomic E-state index is 0.0360. The van der Waals surface area contributed by atoms with Gasteiger partial charge in [-0.15, -0.1) is 0 Å². The van der Waals surface area contributed by atoms with Gasteiger partial charge in [-0.1, -0.05) is 70.2 Å². The maximum atomic E-state index is 13.3. The second kappa shape index (κ2) is 8.13. The van der Waals surface area contributed by atoms with Crippen LogP contribution >= 0.6 is 0 Å². The van der Waals surface area contributed by atoms with Gasteiger partial charge in [0.2, 0.25) is 0 Å². The molecule has 5 rings (SSSR count). The van der Waals surface area contributed by atoms with Gasteiger partial charge in [0.05, 0.1) is 13.2 Å². The number of benzene rings is 2. The number of hydrogen-bond acceptors (Lipinski definition) is 3. The van der Waals surface area contributed by atoms with Gasteiger partial charge in [-0.05, 0) is 58.8 Å². The zero-order valence-electron chi connectivity index (χ0n) is 20.6. The van der Waals surface area contributed by atoms with Gasteiger partial charge in [0, 0.05) is 36.3 Å². The molecular formula is C30H37NO2. The van der Waals surface area contributed by atoms with Crippen LogP contribution < -0.4 is 0 Å². The molecule has 1 aliphatic heterocycles. The van der Waals surface area contributed by atoms with Gasteiger partial charge < -0.3 is 9.64 Å². The first-order valence-corrected chi connectivity index (χ1v) is 12.5. The number of ketones is 1.